The molecule has 0 saturated heterocycles. The monoisotopic (exact) mass is 357 g/mol. The van der Waals surface area contributed by atoms with Gasteiger partial charge < -0.3 is 14.9 Å². The van der Waals surface area contributed by atoms with Crippen LogP contribution in [0.2, 0.25) is 0 Å². The lowest BCUT2D eigenvalue weighted by Crippen LogP contribution is -2.32. The molecule has 0 bridgehead atoms. The summed E-state index contributed by atoms with van der Waals surface area (Å²) in [5, 5.41) is 18.0. The van der Waals surface area contributed by atoms with Crippen LogP contribution in [-0.2, 0) is 0 Å². The van der Waals surface area contributed by atoms with Crippen LogP contribution < -0.4 is 4.74 Å². The Balaban J connectivity index is 2.18. The average molecular weight is 357 g/mol. The van der Waals surface area contributed by atoms with Crippen LogP contribution in [-0.4, -0.2) is 53.9 Å². The van der Waals surface area contributed by atoms with Crippen molar-refractivity contribution in [1.29, 1.82) is 0 Å². The number of ketones is 1. The van der Waals surface area contributed by atoms with Crippen molar-refractivity contribution in [3.63, 3.8) is 0 Å². The Morgan fingerprint density at radius 2 is 1.77 bits per heavy atom. The van der Waals surface area contributed by atoms with Gasteiger partial charge in [-0.15, -0.1) is 0 Å². The molecule has 0 radical (unpaired) electrons. The van der Waals surface area contributed by atoms with Crippen molar-refractivity contribution in [2.45, 2.75) is 20.1 Å². The Morgan fingerprint density at radius 3 is 2.38 bits per heavy atom. The minimum absolute atomic E-state index is 0.0388. The summed E-state index contributed by atoms with van der Waals surface area (Å²) in [6.45, 7) is 4.77. The molecule has 2 rings (SSSR count). The molecule has 26 heavy (non-hydrogen) atoms. The molecule has 0 saturated carbocycles. The molecule has 0 heterocycles. The number of hydrogen-bond acceptors (Lipinski definition) is 5. The molecule has 0 amide bonds. The lowest BCUT2D eigenvalue weighted by Gasteiger charge is -2.19. The molecule has 5 nitrogen and oxygen atoms in total. The Bertz CT molecular complexity index is 713. The van der Waals surface area contributed by atoms with E-state index in [2.05, 4.69) is 0 Å². The van der Waals surface area contributed by atoms with Gasteiger partial charge >= 0.3 is 0 Å². The molecule has 0 aliphatic rings. The van der Waals surface area contributed by atoms with Gasteiger partial charge in [0, 0.05) is 19.0 Å². The van der Waals surface area contributed by atoms with Gasteiger partial charge in [-0.05, 0) is 30.3 Å². The molecule has 0 aliphatic carbocycles. The minimum Gasteiger partial charge on any atom is -0.491 e. The first kappa shape index (κ1) is 20.1. The lowest BCUT2D eigenvalue weighted by atomic mass is 9.96. The van der Waals surface area contributed by atoms with Gasteiger partial charge in [-0.2, -0.15) is 0 Å². The Labute approximate surface area is 154 Å². The Morgan fingerprint density at radius 1 is 1.08 bits per heavy atom. The summed E-state index contributed by atoms with van der Waals surface area (Å²) in [5.74, 6) is 0.467. The van der Waals surface area contributed by atoms with E-state index in [9.17, 15) is 4.79 Å². The van der Waals surface area contributed by atoms with Crippen LogP contribution in [0.3, 0.4) is 0 Å². The van der Waals surface area contributed by atoms with Gasteiger partial charge in [0.2, 0.25) is 0 Å². The van der Waals surface area contributed by atoms with E-state index in [0.717, 1.165) is 11.1 Å². The number of carbonyl (C=O) groups excluding carboxylic acids is 1. The molecule has 140 valence electrons. The van der Waals surface area contributed by atoms with Crippen molar-refractivity contribution in [2.75, 3.05) is 26.7 Å². The highest BCUT2D eigenvalue weighted by molar-refractivity contribution is 6.01. The van der Waals surface area contributed by atoms with Crippen LogP contribution in [0.1, 0.15) is 24.2 Å². The number of likely N-dealkylation sites (N-methyl/N-ethyl adjacent to an activating group) is 1. The molecule has 0 aliphatic heterocycles. The van der Waals surface area contributed by atoms with E-state index in [1.54, 1.807) is 11.9 Å². The van der Waals surface area contributed by atoms with Crippen molar-refractivity contribution >= 4 is 5.78 Å². The number of nitrogens with zero attached hydrogens (tertiary/aromatic N) is 1. The maximum absolute atomic E-state index is 12.6. The first-order chi connectivity index (χ1) is 12.4. The molecular formula is C21H27NO4. The molecule has 0 unspecified atom stereocenters. The van der Waals surface area contributed by atoms with Gasteiger partial charge in [0.25, 0.3) is 0 Å². The highest BCUT2D eigenvalue weighted by atomic mass is 16.5. The summed E-state index contributed by atoms with van der Waals surface area (Å²) in [5.41, 5.74) is 2.60. The molecule has 0 aromatic heterocycles. The van der Waals surface area contributed by atoms with Crippen LogP contribution in [0.15, 0.2) is 48.5 Å². The second-order valence-corrected chi connectivity index (χ2v) is 6.69. The zero-order chi connectivity index (χ0) is 19.1. The standard InChI is InChI=1S/C21H27NO4/c1-15(2)21(25)18-13-17(16-7-5-4-6-8-16)9-10-19(18)26-12-11-22(3)14-20(23)24/h4-10,13,15,20,23-24H,11-12,14H2,1-3H3. The summed E-state index contributed by atoms with van der Waals surface area (Å²) in [6, 6.07) is 15.6. The normalized spacial score (nSPS) is 11.4. The number of hydrogen-bond donors (Lipinski definition) is 2. The fraction of sp³-hybridized carbons (Fsp3) is 0.381. The minimum atomic E-state index is -1.37. The number of Topliss-reactive ketones (excluding diaryl/α,β-unsaturated/α-hetero) is 1. The van der Waals surface area contributed by atoms with Gasteiger partial charge in [0.15, 0.2) is 12.1 Å². The second kappa shape index (κ2) is 9.48. The number of aliphatic hydroxyl groups excluding tert-OH is 1. The van der Waals surface area contributed by atoms with E-state index in [0.29, 0.717) is 24.5 Å². The first-order valence-electron chi connectivity index (χ1n) is 8.79. The van der Waals surface area contributed by atoms with Crippen LogP contribution in [0.5, 0.6) is 5.75 Å². The molecule has 0 spiro atoms. The fourth-order valence-electron chi connectivity index (χ4n) is 2.65. The average Bonchev–Trinajstić information content (AvgIpc) is 2.61. The zero-order valence-electron chi connectivity index (χ0n) is 15.6. The maximum atomic E-state index is 12.6. The predicted molar refractivity (Wildman–Crippen MR) is 102 cm³/mol. The van der Waals surface area contributed by atoms with E-state index in [1.807, 2.05) is 62.4 Å². The number of aliphatic hydroxyl groups is 2. The third-order valence-electron chi connectivity index (χ3n) is 4.08. The summed E-state index contributed by atoms with van der Waals surface area (Å²) in [7, 11) is 1.78. The highest BCUT2D eigenvalue weighted by Crippen LogP contribution is 2.28. The van der Waals surface area contributed by atoms with Crippen molar-refractivity contribution in [2.24, 2.45) is 5.92 Å². The highest BCUT2D eigenvalue weighted by Gasteiger charge is 2.17. The summed E-state index contributed by atoms with van der Waals surface area (Å²) >= 11 is 0. The third-order valence-corrected chi connectivity index (χ3v) is 4.08. The maximum Gasteiger partial charge on any atom is 0.169 e. The quantitative estimate of drug-likeness (QED) is 0.533. The van der Waals surface area contributed by atoms with Gasteiger partial charge in [0.05, 0.1) is 5.56 Å². The molecule has 5 heteroatoms. The predicted octanol–water partition coefficient (Wildman–Crippen LogP) is 2.81. The zero-order valence-corrected chi connectivity index (χ0v) is 15.6. The van der Waals surface area contributed by atoms with Crippen LogP contribution in [0, 0.1) is 5.92 Å². The molecule has 0 atom stereocenters. The second-order valence-electron chi connectivity index (χ2n) is 6.69. The number of rotatable bonds is 9. The van der Waals surface area contributed by atoms with E-state index in [-0.39, 0.29) is 18.2 Å². The third kappa shape index (κ3) is 5.66. The lowest BCUT2D eigenvalue weighted by molar-refractivity contribution is -0.0582. The smallest absolute Gasteiger partial charge is 0.169 e. The summed E-state index contributed by atoms with van der Waals surface area (Å²) in [4.78, 5) is 14.4. The van der Waals surface area contributed by atoms with E-state index in [1.165, 1.54) is 0 Å². The van der Waals surface area contributed by atoms with E-state index in [4.69, 9.17) is 14.9 Å². The van der Waals surface area contributed by atoms with E-state index < -0.39 is 6.29 Å². The van der Waals surface area contributed by atoms with Crippen molar-refractivity contribution in [3.05, 3.63) is 54.1 Å². The Hall–Kier alpha value is -2.21. The van der Waals surface area contributed by atoms with Gasteiger partial charge in [0.1, 0.15) is 12.4 Å². The fourth-order valence-corrected chi connectivity index (χ4v) is 2.65. The molecule has 2 aromatic rings. The van der Waals surface area contributed by atoms with Crippen molar-refractivity contribution < 1.29 is 19.7 Å². The molecule has 2 N–H and O–H groups in total. The van der Waals surface area contributed by atoms with Crippen LogP contribution in [0.25, 0.3) is 11.1 Å². The van der Waals surface area contributed by atoms with Gasteiger partial charge in [-0.25, -0.2) is 0 Å². The van der Waals surface area contributed by atoms with Gasteiger partial charge in [-0.1, -0.05) is 50.2 Å². The number of benzene rings is 2. The molecule has 2 aromatic carbocycles. The SMILES string of the molecule is CC(C)C(=O)c1cc(-c2ccccc2)ccc1OCCN(C)CC(O)O. The van der Waals surface area contributed by atoms with Crippen LogP contribution >= 0.6 is 0 Å². The summed E-state index contributed by atoms with van der Waals surface area (Å²) < 4.78 is 5.83. The van der Waals surface area contributed by atoms with Crippen LogP contribution in [0.4, 0.5) is 0 Å². The van der Waals surface area contributed by atoms with Gasteiger partial charge in [-0.3, -0.25) is 9.69 Å². The van der Waals surface area contributed by atoms with Crippen molar-refractivity contribution in [1.82, 2.24) is 4.90 Å². The number of ether oxygens (including phenoxy) is 1. The summed E-state index contributed by atoms with van der Waals surface area (Å²) in [6.07, 6.45) is -1.37. The van der Waals surface area contributed by atoms with E-state index >= 15 is 0 Å². The largest absolute Gasteiger partial charge is 0.491 e. The Kier molecular flexibility index (Phi) is 7.33. The molecule has 0 fully saturated rings. The first-order valence-corrected chi connectivity index (χ1v) is 8.79. The topological polar surface area (TPSA) is 70.0 Å². The van der Waals surface area contributed by atoms with Crippen molar-refractivity contribution in [3.8, 4) is 16.9 Å². The molecular weight excluding hydrogens is 330 g/mol. The number of carbonyl (C=O) groups is 1.